The molecule has 0 aliphatic heterocycles. The third-order valence-corrected chi connectivity index (χ3v) is 5.78. The fourth-order valence-electron chi connectivity index (χ4n) is 2.72. The van der Waals surface area contributed by atoms with Crippen molar-refractivity contribution in [3.8, 4) is 11.5 Å². The van der Waals surface area contributed by atoms with E-state index in [9.17, 15) is 13.2 Å². The predicted octanol–water partition coefficient (Wildman–Crippen LogP) is 4.67. The van der Waals surface area contributed by atoms with Crippen LogP contribution in [0, 0.1) is 0 Å². The summed E-state index contributed by atoms with van der Waals surface area (Å²) in [6.45, 7) is 4.33. The van der Waals surface area contributed by atoms with E-state index >= 15 is 0 Å². The molecule has 0 aliphatic rings. The van der Waals surface area contributed by atoms with Crippen LogP contribution in [0.3, 0.4) is 0 Å². The molecule has 0 fully saturated rings. The van der Waals surface area contributed by atoms with Gasteiger partial charge in [0.25, 0.3) is 5.91 Å². The normalized spacial score (nSPS) is 11.0. The van der Waals surface area contributed by atoms with E-state index in [2.05, 4.69) is 17.0 Å². The molecule has 2 N–H and O–H groups in total. The van der Waals surface area contributed by atoms with Crippen molar-refractivity contribution in [1.29, 1.82) is 0 Å². The Bertz CT molecular complexity index is 927. The maximum Gasteiger partial charge on any atom is 0.255 e. The number of unbranched alkanes of at least 4 members (excludes halogenated alkanes) is 3. The van der Waals surface area contributed by atoms with E-state index in [1.807, 2.05) is 0 Å². The number of nitrogens with one attached hydrogen (secondary N) is 2. The van der Waals surface area contributed by atoms with Crippen LogP contribution in [0.2, 0.25) is 0 Å². The molecule has 0 heterocycles. The zero-order chi connectivity index (χ0) is 22.0. The highest BCUT2D eigenvalue weighted by Crippen LogP contribution is 2.29. The van der Waals surface area contributed by atoms with Crippen molar-refractivity contribution in [1.82, 2.24) is 0 Å². The van der Waals surface area contributed by atoms with Gasteiger partial charge in [-0.2, -0.15) is 0 Å². The Kier molecular flexibility index (Phi) is 8.98. The Morgan fingerprint density at radius 3 is 2.27 bits per heavy atom. The number of methoxy groups -OCH3 is 1. The average Bonchev–Trinajstić information content (AvgIpc) is 2.74. The zero-order valence-electron chi connectivity index (χ0n) is 17.7. The highest BCUT2D eigenvalue weighted by Gasteiger charge is 2.12. The lowest BCUT2D eigenvalue weighted by Crippen LogP contribution is -2.15. The van der Waals surface area contributed by atoms with Crippen molar-refractivity contribution in [2.75, 3.05) is 29.5 Å². The molecule has 2 rings (SSSR count). The molecule has 7 nitrogen and oxygen atoms in total. The average molecular weight is 435 g/mol. The number of carbonyl (C=O) groups is 1. The molecule has 8 heteroatoms. The van der Waals surface area contributed by atoms with Gasteiger partial charge in [-0.15, -0.1) is 0 Å². The maximum absolute atomic E-state index is 12.6. The summed E-state index contributed by atoms with van der Waals surface area (Å²) in [6, 6.07) is 11.5. The number of ether oxygens (including phenoxy) is 2. The number of benzene rings is 2. The van der Waals surface area contributed by atoms with Crippen molar-refractivity contribution < 1.29 is 22.7 Å². The molecule has 0 unspecified atom stereocenters. The molecule has 0 radical (unpaired) electrons. The van der Waals surface area contributed by atoms with Crippen molar-refractivity contribution >= 4 is 27.3 Å². The number of rotatable bonds is 12. The first-order valence-electron chi connectivity index (χ1n) is 10.1. The molecule has 0 saturated carbocycles. The lowest BCUT2D eigenvalue weighted by atomic mass is 10.1. The fraction of sp³-hybridized carbons (Fsp3) is 0.409. The molecule has 0 bridgehead atoms. The molecule has 2 aromatic rings. The molecule has 0 saturated heterocycles. The van der Waals surface area contributed by atoms with Crippen molar-refractivity contribution in [2.24, 2.45) is 0 Å². The highest BCUT2D eigenvalue weighted by atomic mass is 32.2. The van der Waals surface area contributed by atoms with Gasteiger partial charge in [-0.05, 0) is 55.8 Å². The molecule has 0 aromatic heterocycles. The van der Waals surface area contributed by atoms with Gasteiger partial charge in [0.2, 0.25) is 10.0 Å². The SMILES string of the molecule is CCCCCCOc1ccc(C(=O)Nc2ccc(NS(=O)(=O)CC)cc2)cc1OC. The third kappa shape index (κ3) is 7.26. The Balaban J connectivity index is 1.99. The number of hydrogen-bond acceptors (Lipinski definition) is 5. The smallest absolute Gasteiger partial charge is 0.255 e. The lowest BCUT2D eigenvalue weighted by Gasteiger charge is -2.13. The minimum absolute atomic E-state index is 0.00816. The second kappa shape index (κ2) is 11.4. The van der Waals surface area contributed by atoms with Crippen molar-refractivity contribution in [3.63, 3.8) is 0 Å². The number of carbonyl (C=O) groups excluding carboxylic acids is 1. The molecular weight excluding hydrogens is 404 g/mol. The number of sulfonamides is 1. The van der Waals surface area contributed by atoms with Crippen LogP contribution in [0.25, 0.3) is 0 Å². The van der Waals surface area contributed by atoms with Gasteiger partial charge in [-0.3, -0.25) is 9.52 Å². The fourth-order valence-corrected chi connectivity index (χ4v) is 3.36. The van der Waals surface area contributed by atoms with E-state index in [1.54, 1.807) is 49.4 Å². The van der Waals surface area contributed by atoms with Gasteiger partial charge in [0, 0.05) is 16.9 Å². The quantitative estimate of drug-likeness (QED) is 0.474. The van der Waals surface area contributed by atoms with Gasteiger partial charge >= 0.3 is 0 Å². The van der Waals surface area contributed by atoms with E-state index in [-0.39, 0.29) is 11.7 Å². The molecule has 2 aromatic carbocycles. The Labute approximate surface area is 178 Å². The summed E-state index contributed by atoms with van der Waals surface area (Å²) in [5.74, 6) is 0.802. The zero-order valence-corrected chi connectivity index (χ0v) is 18.6. The highest BCUT2D eigenvalue weighted by molar-refractivity contribution is 7.92. The Hall–Kier alpha value is -2.74. The lowest BCUT2D eigenvalue weighted by molar-refractivity contribution is 0.102. The summed E-state index contributed by atoms with van der Waals surface area (Å²) < 4.78 is 36.8. The van der Waals surface area contributed by atoms with E-state index in [0.29, 0.717) is 35.0 Å². The summed E-state index contributed by atoms with van der Waals surface area (Å²) in [7, 11) is -1.80. The first-order valence-corrected chi connectivity index (χ1v) is 11.8. The maximum atomic E-state index is 12.6. The first-order chi connectivity index (χ1) is 14.4. The van der Waals surface area contributed by atoms with E-state index in [0.717, 1.165) is 12.8 Å². The van der Waals surface area contributed by atoms with Crippen LogP contribution in [0.15, 0.2) is 42.5 Å². The molecule has 0 aliphatic carbocycles. The van der Waals surface area contributed by atoms with E-state index in [4.69, 9.17) is 9.47 Å². The van der Waals surface area contributed by atoms with Crippen molar-refractivity contribution in [2.45, 2.75) is 39.5 Å². The van der Waals surface area contributed by atoms with Gasteiger partial charge in [0.1, 0.15) is 0 Å². The first kappa shape index (κ1) is 23.5. The molecule has 30 heavy (non-hydrogen) atoms. The predicted molar refractivity (Wildman–Crippen MR) is 120 cm³/mol. The summed E-state index contributed by atoms with van der Waals surface area (Å²) in [5.41, 5.74) is 1.42. The summed E-state index contributed by atoms with van der Waals surface area (Å²) in [6.07, 6.45) is 4.46. The van der Waals surface area contributed by atoms with Crippen LogP contribution in [0.4, 0.5) is 11.4 Å². The summed E-state index contributed by atoms with van der Waals surface area (Å²) in [4.78, 5) is 12.6. The molecule has 0 atom stereocenters. The van der Waals surface area contributed by atoms with Crippen LogP contribution in [-0.4, -0.2) is 33.8 Å². The molecule has 0 spiro atoms. The summed E-state index contributed by atoms with van der Waals surface area (Å²) in [5, 5.41) is 2.79. The number of amides is 1. The van der Waals surface area contributed by atoms with Gasteiger partial charge in [-0.1, -0.05) is 26.2 Å². The number of hydrogen-bond donors (Lipinski definition) is 2. The standard InChI is InChI=1S/C22H30N2O5S/c1-4-6-7-8-15-29-20-14-9-17(16-21(20)28-3)22(25)23-18-10-12-19(13-11-18)24-30(26,27)5-2/h9-14,16,24H,4-8,15H2,1-3H3,(H,23,25). The molecule has 1 amide bonds. The van der Waals surface area contributed by atoms with Crippen LogP contribution in [0.5, 0.6) is 11.5 Å². The second-order valence-corrected chi connectivity index (χ2v) is 8.82. The van der Waals surface area contributed by atoms with Crippen LogP contribution in [0.1, 0.15) is 49.9 Å². The topological polar surface area (TPSA) is 93.7 Å². The van der Waals surface area contributed by atoms with Crippen LogP contribution in [-0.2, 0) is 10.0 Å². The van der Waals surface area contributed by atoms with Crippen molar-refractivity contribution in [3.05, 3.63) is 48.0 Å². The largest absolute Gasteiger partial charge is 0.493 e. The Morgan fingerprint density at radius 2 is 1.63 bits per heavy atom. The second-order valence-electron chi connectivity index (χ2n) is 6.81. The summed E-state index contributed by atoms with van der Waals surface area (Å²) >= 11 is 0. The third-order valence-electron chi connectivity index (χ3n) is 4.48. The van der Waals surface area contributed by atoms with E-state index < -0.39 is 10.0 Å². The minimum Gasteiger partial charge on any atom is -0.493 e. The minimum atomic E-state index is -3.34. The molecule has 164 valence electrons. The Morgan fingerprint density at radius 1 is 0.933 bits per heavy atom. The van der Waals surface area contributed by atoms with E-state index in [1.165, 1.54) is 20.0 Å². The molecular formula is C22H30N2O5S. The van der Waals surface area contributed by atoms with Gasteiger partial charge in [-0.25, -0.2) is 8.42 Å². The van der Waals surface area contributed by atoms with Gasteiger partial charge in [0.05, 0.1) is 19.5 Å². The van der Waals surface area contributed by atoms with Crippen LogP contribution < -0.4 is 19.5 Å². The monoisotopic (exact) mass is 434 g/mol. The number of anilines is 2. The van der Waals surface area contributed by atoms with Gasteiger partial charge < -0.3 is 14.8 Å². The van der Waals surface area contributed by atoms with Gasteiger partial charge in [0.15, 0.2) is 11.5 Å². The van der Waals surface area contributed by atoms with Crippen LogP contribution >= 0.6 is 0 Å².